The third-order valence-corrected chi connectivity index (χ3v) is 7.90. The second-order valence-electron chi connectivity index (χ2n) is 10.2. The fourth-order valence-corrected chi connectivity index (χ4v) is 5.46. The van der Waals surface area contributed by atoms with E-state index in [2.05, 4.69) is 29.4 Å². The van der Waals surface area contributed by atoms with Gasteiger partial charge < -0.3 is 14.4 Å². The number of carbonyl (C=O) groups is 2. The molecule has 5 rings (SSSR count). The Kier molecular flexibility index (Phi) is 7.29. The summed E-state index contributed by atoms with van der Waals surface area (Å²) in [6.45, 7) is 4.45. The summed E-state index contributed by atoms with van der Waals surface area (Å²) in [6.07, 6.45) is 10.7. The summed E-state index contributed by atoms with van der Waals surface area (Å²) in [5.74, 6) is 3.52. The van der Waals surface area contributed by atoms with Crippen LogP contribution in [0.5, 0.6) is 0 Å². The van der Waals surface area contributed by atoms with Crippen molar-refractivity contribution < 1.29 is 19.1 Å². The van der Waals surface area contributed by atoms with Crippen molar-refractivity contribution in [3.8, 4) is 12.3 Å². The van der Waals surface area contributed by atoms with Gasteiger partial charge in [0.05, 0.1) is 13.2 Å². The Morgan fingerprint density at radius 3 is 2.42 bits per heavy atom. The molecular formula is C30H34N2O4. The molecule has 188 valence electrons. The summed E-state index contributed by atoms with van der Waals surface area (Å²) in [7, 11) is 0. The molecule has 3 fully saturated rings. The molecule has 2 saturated heterocycles. The van der Waals surface area contributed by atoms with E-state index >= 15 is 0 Å². The van der Waals surface area contributed by atoms with Crippen molar-refractivity contribution >= 4 is 17.7 Å². The number of hydrogen-bond donors (Lipinski definition) is 1. The van der Waals surface area contributed by atoms with E-state index in [0.29, 0.717) is 55.8 Å². The SMILES string of the molecule is C#Cc1ccc(C2CCN(C(=O)c3cc(NC(=O)O[C@@H]4CCOC4)c(C4CCC4)cc3C)CC2)cc1. The van der Waals surface area contributed by atoms with Gasteiger partial charge >= 0.3 is 6.09 Å². The van der Waals surface area contributed by atoms with Crippen LogP contribution in [-0.2, 0) is 9.47 Å². The van der Waals surface area contributed by atoms with Crippen molar-refractivity contribution in [3.05, 3.63) is 64.2 Å². The van der Waals surface area contributed by atoms with Crippen LogP contribution in [0.2, 0.25) is 0 Å². The standard InChI is InChI=1S/C30H34N2O4/c1-3-21-7-9-22(10-8-21)23-11-14-32(15-12-23)29(33)26-18-28(27(17-20(26)2)24-5-4-6-24)31-30(34)36-25-13-16-35-19-25/h1,7-10,17-18,23-25H,4-6,11-16,19H2,2H3,(H,31,34)/t25-/m1/s1. The van der Waals surface area contributed by atoms with Gasteiger partial charge in [-0.3, -0.25) is 10.1 Å². The largest absolute Gasteiger partial charge is 0.443 e. The number of piperidine rings is 1. The van der Waals surface area contributed by atoms with Crippen LogP contribution in [0.1, 0.15) is 83.0 Å². The summed E-state index contributed by atoms with van der Waals surface area (Å²) in [6, 6.07) is 12.1. The van der Waals surface area contributed by atoms with E-state index in [-0.39, 0.29) is 12.0 Å². The van der Waals surface area contributed by atoms with Gasteiger partial charge in [0, 0.05) is 36.3 Å². The first kappa shape index (κ1) is 24.4. The summed E-state index contributed by atoms with van der Waals surface area (Å²) < 4.78 is 10.8. The Balaban J connectivity index is 1.29. The molecule has 3 aliphatic rings. The monoisotopic (exact) mass is 486 g/mol. The van der Waals surface area contributed by atoms with E-state index < -0.39 is 6.09 Å². The van der Waals surface area contributed by atoms with Crippen LogP contribution >= 0.6 is 0 Å². The van der Waals surface area contributed by atoms with E-state index in [1.807, 2.05) is 30.0 Å². The number of benzene rings is 2. The maximum atomic E-state index is 13.6. The van der Waals surface area contributed by atoms with Crippen molar-refractivity contribution in [2.24, 2.45) is 0 Å². The highest BCUT2D eigenvalue weighted by molar-refractivity contribution is 5.98. The topological polar surface area (TPSA) is 67.9 Å². The van der Waals surface area contributed by atoms with Crippen LogP contribution in [0, 0.1) is 19.3 Å². The third-order valence-electron chi connectivity index (χ3n) is 7.90. The maximum Gasteiger partial charge on any atom is 0.411 e. The predicted octanol–water partition coefficient (Wildman–Crippen LogP) is 5.60. The van der Waals surface area contributed by atoms with E-state index in [0.717, 1.165) is 42.4 Å². The molecule has 1 aliphatic carbocycles. The molecule has 1 atom stereocenters. The van der Waals surface area contributed by atoms with Gasteiger partial charge in [-0.05, 0) is 79.3 Å². The van der Waals surface area contributed by atoms with Gasteiger partial charge in [0.1, 0.15) is 6.10 Å². The first-order valence-electron chi connectivity index (χ1n) is 13.1. The average Bonchev–Trinajstić information content (AvgIpc) is 3.37. The first-order valence-corrected chi connectivity index (χ1v) is 13.1. The molecule has 2 aliphatic heterocycles. The minimum atomic E-state index is -0.481. The normalized spacial score (nSPS) is 20.4. The molecule has 6 nitrogen and oxygen atoms in total. The van der Waals surface area contributed by atoms with E-state index in [1.54, 1.807) is 0 Å². The van der Waals surface area contributed by atoms with Crippen molar-refractivity contribution in [1.29, 1.82) is 0 Å². The van der Waals surface area contributed by atoms with Gasteiger partial charge in [-0.25, -0.2) is 4.79 Å². The molecule has 1 N–H and O–H groups in total. The highest BCUT2D eigenvalue weighted by atomic mass is 16.6. The quantitative estimate of drug-likeness (QED) is 0.559. The Morgan fingerprint density at radius 2 is 1.81 bits per heavy atom. The molecule has 2 amide bonds. The average molecular weight is 487 g/mol. The number of ether oxygens (including phenoxy) is 2. The molecule has 36 heavy (non-hydrogen) atoms. The number of rotatable bonds is 5. The molecular weight excluding hydrogens is 452 g/mol. The van der Waals surface area contributed by atoms with Gasteiger partial charge in [0.25, 0.3) is 5.91 Å². The number of anilines is 1. The highest BCUT2D eigenvalue weighted by Crippen LogP contribution is 2.41. The fraction of sp³-hybridized carbons (Fsp3) is 0.467. The number of carbonyl (C=O) groups excluding carboxylic acids is 2. The predicted molar refractivity (Wildman–Crippen MR) is 139 cm³/mol. The van der Waals surface area contributed by atoms with Gasteiger partial charge in [-0.15, -0.1) is 6.42 Å². The number of nitrogens with zero attached hydrogens (tertiary/aromatic N) is 1. The van der Waals surface area contributed by atoms with Crippen LogP contribution in [0.3, 0.4) is 0 Å². The van der Waals surface area contributed by atoms with E-state index in [9.17, 15) is 9.59 Å². The summed E-state index contributed by atoms with van der Waals surface area (Å²) >= 11 is 0. The number of terminal acetylenes is 1. The Bertz CT molecular complexity index is 1150. The van der Waals surface area contributed by atoms with Crippen molar-refractivity contribution in [3.63, 3.8) is 0 Å². The summed E-state index contributed by atoms with van der Waals surface area (Å²) in [5.41, 5.74) is 5.56. The Labute approximate surface area is 213 Å². The van der Waals surface area contributed by atoms with Crippen molar-refractivity contribution in [2.75, 3.05) is 31.6 Å². The number of hydrogen-bond acceptors (Lipinski definition) is 4. The molecule has 0 bridgehead atoms. The van der Waals surface area contributed by atoms with Crippen LogP contribution in [0.25, 0.3) is 0 Å². The van der Waals surface area contributed by atoms with Crippen LogP contribution in [-0.4, -0.2) is 49.3 Å². The molecule has 0 aromatic heterocycles. The summed E-state index contributed by atoms with van der Waals surface area (Å²) in [5, 5.41) is 2.95. The zero-order chi connectivity index (χ0) is 25.1. The van der Waals surface area contributed by atoms with Gasteiger partial charge in [-0.2, -0.15) is 0 Å². The first-order chi connectivity index (χ1) is 17.5. The Morgan fingerprint density at radius 1 is 1.06 bits per heavy atom. The van der Waals surface area contributed by atoms with Gasteiger partial charge in [0.2, 0.25) is 0 Å². The molecule has 2 aromatic carbocycles. The molecule has 0 radical (unpaired) electrons. The van der Waals surface area contributed by atoms with E-state index in [4.69, 9.17) is 15.9 Å². The van der Waals surface area contributed by atoms with Gasteiger partial charge in [0.15, 0.2) is 0 Å². The lowest BCUT2D eigenvalue weighted by atomic mass is 9.78. The maximum absolute atomic E-state index is 13.6. The minimum Gasteiger partial charge on any atom is -0.443 e. The van der Waals surface area contributed by atoms with Gasteiger partial charge in [-0.1, -0.05) is 30.5 Å². The number of nitrogens with one attached hydrogen (secondary N) is 1. The van der Waals surface area contributed by atoms with Crippen molar-refractivity contribution in [2.45, 2.75) is 63.4 Å². The van der Waals surface area contributed by atoms with Crippen molar-refractivity contribution in [1.82, 2.24) is 4.90 Å². The smallest absolute Gasteiger partial charge is 0.411 e. The lowest BCUT2D eigenvalue weighted by molar-refractivity contribution is 0.0712. The lowest BCUT2D eigenvalue weighted by Crippen LogP contribution is -2.38. The van der Waals surface area contributed by atoms with Crippen LogP contribution in [0.15, 0.2) is 36.4 Å². The molecule has 1 saturated carbocycles. The third kappa shape index (κ3) is 5.27. The number of amides is 2. The molecule has 0 unspecified atom stereocenters. The second kappa shape index (κ2) is 10.8. The van der Waals surface area contributed by atoms with Crippen LogP contribution < -0.4 is 5.32 Å². The zero-order valence-electron chi connectivity index (χ0n) is 20.9. The molecule has 6 heteroatoms. The molecule has 2 aromatic rings. The Hall–Kier alpha value is -3.30. The number of likely N-dealkylation sites (tertiary alicyclic amines) is 1. The highest BCUT2D eigenvalue weighted by Gasteiger charge is 2.29. The number of aryl methyl sites for hydroxylation is 1. The fourth-order valence-electron chi connectivity index (χ4n) is 5.46. The minimum absolute atomic E-state index is 0.0226. The summed E-state index contributed by atoms with van der Waals surface area (Å²) in [4.78, 5) is 28.1. The molecule has 2 heterocycles. The van der Waals surface area contributed by atoms with Crippen LogP contribution in [0.4, 0.5) is 10.5 Å². The zero-order valence-corrected chi connectivity index (χ0v) is 20.9. The lowest BCUT2D eigenvalue weighted by Gasteiger charge is -2.33. The molecule has 0 spiro atoms. The second-order valence-corrected chi connectivity index (χ2v) is 10.2. The van der Waals surface area contributed by atoms with E-state index in [1.165, 1.54) is 12.0 Å².